The molecule has 0 aliphatic carbocycles. The number of hydrogen-bond donors (Lipinski definition) is 1. The minimum absolute atomic E-state index is 0.0480. The van der Waals surface area contributed by atoms with Gasteiger partial charge in [-0.25, -0.2) is 4.79 Å². The predicted molar refractivity (Wildman–Crippen MR) is 109 cm³/mol. The monoisotopic (exact) mass is 369 g/mol. The number of nitrogens with zero attached hydrogens (tertiary/aromatic N) is 4. The molecule has 1 unspecified atom stereocenters. The first-order valence-electron chi connectivity index (χ1n) is 9.70. The van der Waals surface area contributed by atoms with E-state index in [1.165, 1.54) is 11.1 Å². The normalized spacial score (nSPS) is 17.1. The number of hydrogen-bond acceptors (Lipinski definition) is 3. The molecule has 2 heterocycles. The summed E-state index contributed by atoms with van der Waals surface area (Å²) in [5.74, 6) is 1.08. The fourth-order valence-corrected chi connectivity index (χ4v) is 3.64. The van der Waals surface area contributed by atoms with Gasteiger partial charge >= 0.3 is 6.03 Å². The number of urea groups is 1. The van der Waals surface area contributed by atoms with Crippen LogP contribution in [0.2, 0.25) is 0 Å². The van der Waals surface area contributed by atoms with E-state index in [0.717, 1.165) is 37.4 Å². The molecule has 2 amide bonds. The second-order valence-corrected chi connectivity index (χ2v) is 7.99. The summed E-state index contributed by atoms with van der Waals surface area (Å²) in [7, 11) is 6.01. The van der Waals surface area contributed by atoms with Crippen LogP contribution in [0.15, 0.2) is 30.3 Å². The topological polar surface area (TPSA) is 53.4 Å². The van der Waals surface area contributed by atoms with Gasteiger partial charge < -0.3 is 9.80 Å². The molecule has 2 aromatic rings. The molecular weight excluding hydrogens is 338 g/mol. The maximum absolute atomic E-state index is 12.9. The summed E-state index contributed by atoms with van der Waals surface area (Å²) in [4.78, 5) is 17.0. The van der Waals surface area contributed by atoms with E-state index in [1.807, 2.05) is 18.0 Å². The van der Waals surface area contributed by atoms with E-state index < -0.39 is 0 Å². The van der Waals surface area contributed by atoms with Crippen LogP contribution in [-0.4, -0.2) is 46.3 Å². The van der Waals surface area contributed by atoms with Gasteiger partial charge in [0.2, 0.25) is 0 Å². The van der Waals surface area contributed by atoms with Crippen molar-refractivity contribution in [3.63, 3.8) is 0 Å². The number of anilines is 1. The molecule has 6 nitrogen and oxygen atoms in total. The molecule has 146 valence electrons. The first kappa shape index (κ1) is 19.4. The zero-order chi connectivity index (χ0) is 19.6. The van der Waals surface area contributed by atoms with Gasteiger partial charge in [-0.1, -0.05) is 38.1 Å². The number of aryl methyl sites for hydroxylation is 1. The number of rotatable bonds is 5. The summed E-state index contributed by atoms with van der Waals surface area (Å²) in [6.07, 6.45) is 2.03. The van der Waals surface area contributed by atoms with Crippen LogP contribution in [0.5, 0.6) is 0 Å². The predicted octanol–water partition coefficient (Wildman–Crippen LogP) is 3.97. The van der Waals surface area contributed by atoms with Crippen molar-refractivity contribution in [3.8, 4) is 0 Å². The average molecular weight is 370 g/mol. The molecule has 1 fully saturated rings. The maximum Gasteiger partial charge on any atom is 0.323 e. The van der Waals surface area contributed by atoms with Crippen molar-refractivity contribution in [1.82, 2.24) is 19.6 Å². The highest BCUT2D eigenvalue weighted by atomic mass is 16.2. The molecule has 1 N–H and O–H groups in total. The van der Waals surface area contributed by atoms with Gasteiger partial charge in [0.05, 0.1) is 11.7 Å². The minimum atomic E-state index is -0.0480. The molecular formula is C21H31N5O. The van der Waals surface area contributed by atoms with Crippen molar-refractivity contribution in [2.75, 3.05) is 26.0 Å². The van der Waals surface area contributed by atoms with Crippen LogP contribution in [0, 0.1) is 0 Å². The molecule has 1 aliphatic heterocycles. The van der Waals surface area contributed by atoms with Crippen LogP contribution >= 0.6 is 0 Å². The number of likely N-dealkylation sites (tertiary alicyclic amines) is 1. The van der Waals surface area contributed by atoms with Gasteiger partial charge in [0, 0.05) is 26.2 Å². The third kappa shape index (κ3) is 4.50. The van der Waals surface area contributed by atoms with Crippen molar-refractivity contribution in [1.29, 1.82) is 0 Å². The first-order valence-corrected chi connectivity index (χ1v) is 9.70. The van der Waals surface area contributed by atoms with Gasteiger partial charge in [-0.05, 0) is 44.0 Å². The zero-order valence-corrected chi connectivity index (χ0v) is 17.1. The largest absolute Gasteiger partial charge is 0.323 e. The third-order valence-electron chi connectivity index (χ3n) is 5.10. The Morgan fingerprint density at radius 2 is 2.00 bits per heavy atom. The Labute approximate surface area is 162 Å². The van der Waals surface area contributed by atoms with E-state index in [4.69, 9.17) is 0 Å². The summed E-state index contributed by atoms with van der Waals surface area (Å²) >= 11 is 0. The molecule has 1 aliphatic rings. The second-order valence-electron chi connectivity index (χ2n) is 7.99. The van der Waals surface area contributed by atoms with Gasteiger partial charge in [-0.3, -0.25) is 10.00 Å². The van der Waals surface area contributed by atoms with Gasteiger partial charge in [0.15, 0.2) is 0 Å². The van der Waals surface area contributed by atoms with E-state index >= 15 is 0 Å². The standard InChI is InChI=1S/C21H31N5O/c1-15(2)18-13-20(25(5)23-18)22-21(27)26-12-6-7-19(26)17-10-8-16(9-11-17)14-24(3)4/h8-11,13,15,19H,6-7,12,14H2,1-5H3,(H,22,27). The Hall–Kier alpha value is -2.34. The van der Waals surface area contributed by atoms with Gasteiger partial charge in [0.25, 0.3) is 0 Å². The van der Waals surface area contributed by atoms with Crippen molar-refractivity contribution < 1.29 is 4.79 Å². The van der Waals surface area contributed by atoms with Crippen LogP contribution in [-0.2, 0) is 13.6 Å². The number of amides is 2. The highest BCUT2D eigenvalue weighted by Crippen LogP contribution is 2.32. The van der Waals surface area contributed by atoms with E-state index in [0.29, 0.717) is 5.92 Å². The number of carbonyl (C=O) groups is 1. The summed E-state index contributed by atoms with van der Waals surface area (Å²) in [5.41, 5.74) is 3.48. The van der Waals surface area contributed by atoms with Crippen molar-refractivity contribution in [2.24, 2.45) is 7.05 Å². The lowest BCUT2D eigenvalue weighted by molar-refractivity contribution is 0.207. The Balaban J connectivity index is 1.71. The Bertz CT molecular complexity index is 778. The fraction of sp³-hybridized carbons (Fsp3) is 0.524. The second kappa shape index (κ2) is 8.13. The average Bonchev–Trinajstić information content (AvgIpc) is 3.22. The van der Waals surface area contributed by atoms with E-state index in [2.05, 4.69) is 67.5 Å². The van der Waals surface area contributed by atoms with Crippen LogP contribution < -0.4 is 5.32 Å². The van der Waals surface area contributed by atoms with Crippen molar-refractivity contribution >= 4 is 11.8 Å². The van der Waals surface area contributed by atoms with Gasteiger partial charge in [0.1, 0.15) is 5.82 Å². The quantitative estimate of drug-likeness (QED) is 0.867. The lowest BCUT2D eigenvalue weighted by atomic mass is 10.0. The van der Waals surface area contributed by atoms with Crippen LogP contribution in [0.25, 0.3) is 0 Å². The van der Waals surface area contributed by atoms with E-state index in [9.17, 15) is 4.79 Å². The lowest BCUT2D eigenvalue weighted by Crippen LogP contribution is -2.35. The summed E-state index contributed by atoms with van der Waals surface area (Å²) in [6.45, 7) is 5.91. The van der Waals surface area contributed by atoms with Crippen molar-refractivity contribution in [2.45, 2.75) is 45.2 Å². The number of aromatic nitrogens is 2. The molecule has 1 atom stereocenters. The third-order valence-corrected chi connectivity index (χ3v) is 5.10. The fourth-order valence-electron chi connectivity index (χ4n) is 3.64. The molecule has 1 aromatic carbocycles. The molecule has 6 heteroatoms. The molecule has 0 saturated carbocycles. The van der Waals surface area contributed by atoms with Crippen molar-refractivity contribution in [3.05, 3.63) is 47.2 Å². The summed E-state index contributed by atoms with van der Waals surface area (Å²) < 4.78 is 1.74. The lowest BCUT2D eigenvalue weighted by Gasteiger charge is -2.25. The van der Waals surface area contributed by atoms with Gasteiger partial charge in [-0.15, -0.1) is 0 Å². The molecule has 27 heavy (non-hydrogen) atoms. The van der Waals surface area contributed by atoms with Crippen LogP contribution in [0.3, 0.4) is 0 Å². The molecule has 1 saturated heterocycles. The smallest absolute Gasteiger partial charge is 0.317 e. The summed E-state index contributed by atoms with van der Waals surface area (Å²) in [5, 5.41) is 7.53. The highest BCUT2D eigenvalue weighted by Gasteiger charge is 2.30. The van der Waals surface area contributed by atoms with Crippen LogP contribution in [0.4, 0.5) is 10.6 Å². The highest BCUT2D eigenvalue weighted by molar-refractivity contribution is 5.89. The number of carbonyl (C=O) groups excluding carboxylic acids is 1. The maximum atomic E-state index is 12.9. The van der Waals surface area contributed by atoms with E-state index in [-0.39, 0.29) is 12.1 Å². The molecule has 0 spiro atoms. The van der Waals surface area contributed by atoms with Gasteiger partial charge in [-0.2, -0.15) is 5.10 Å². The zero-order valence-electron chi connectivity index (χ0n) is 17.1. The Kier molecular flexibility index (Phi) is 5.85. The number of nitrogens with one attached hydrogen (secondary N) is 1. The molecule has 0 bridgehead atoms. The molecule has 1 aromatic heterocycles. The molecule has 0 radical (unpaired) electrons. The SMILES string of the molecule is CC(C)c1cc(NC(=O)N2CCCC2c2ccc(CN(C)C)cc2)n(C)n1. The minimum Gasteiger partial charge on any atom is -0.317 e. The van der Waals surface area contributed by atoms with E-state index in [1.54, 1.807) is 4.68 Å². The molecule has 3 rings (SSSR count). The van der Waals surface area contributed by atoms with Crippen LogP contribution in [0.1, 0.15) is 55.5 Å². The number of benzene rings is 1. The Morgan fingerprint density at radius 1 is 1.30 bits per heavy atom. The first-order chi connectivity index (χ1) is 12.8. The summed E-state index contributed by atoms with van der Waals surface area (Å²) in [6, 6.07) is 10.7. The Morgan fingerprint density at radius 3 is 2.59 bits per heavy atom.